The summed E-state index contributed by atoms with van der Waals surface area (Å²) in [6.45, 7) is -0.478. The smallest absolute Gasteiger partial charge is 0.346 e. The van der Waals surface area contributed by atoms with Crippen LogP contribution < -0.4 is 5.32 Å². The third-order valence-corrected chi connectivity index (χ3v) is 5.70. The summed E-state index contributed by atoms with van der Waals surface area (Å²) in [4.78, 5) is 11.8. The van der Waals surface area contributed by atoms with E-state index >= 15 is 0 Å². The fourth-order valence-corrected chi connectivity index (χ4v) is 4.55. The number of rotatable bonds is 4. The van der Waals surface area contributed by atoms with Crippen LogP contribution in [-0.4, -0.2) is 61.3 Å². The number of nitrogens with one attached hydrogen (secondary N) is 1. The largest absolute Gasteiger partial charge is 0.405 e. The number of carbonyl (C=O) groups is 1. The van der Waals surface area contributed by atoms with Crippen LogP contribution in [0.4, 0.5) is 13.2 Å². The molecule has 21 heavy (non-hydrogen) atoms. The quantitative estimate of drug-likeness (QED) is 0.815. The van der Waals surface area contributed by atoms with E-state index in [4.69, 9.17) is 0 Å². The Labute approximate surface area is 121 Å². The molecule has 122 valence electrons. The van der Waals surface area contributed by atoms with Crippen molar-refractivity contribution in [2.75, 3.05) is 26.2 Å². The number of amides is 1. The Hall–Kier alpha value is -0.870. The van der Waals surface area contributed by atoms with Crippen molar-refractivity contribution in [3.05, 3.63) is 0 Å². The zero-order valence-corrected chi connectivity index (χ0v) is 12.2. The Morgan fingerprint density at radius 3 is 2.33 bits per heavy atom. The molecule has 2 saturated heterocycles. The van der Waals surface area contributed by atoms with E-state index in [2.05, 4.69) is 0 Å². The van der Waals surface area contributed by atoms with Crippen molar-refractivity contribution in [3.8, 4) is 0 Å². The average Bonchev–Trinajstić information content (AvgIpc) is 3.05. The van der Waals surface area contributed by atoms with Gasteiger partial charge in [0.1, 0.15) is 12.6 Å². The van der Waals surface area contributed by atoms with Gasteiger partial charge in [-0.05, 0) is 25.7 Å². The van der Waals surface area contributed by atoms with Crippen LogP contribution in [0.25, 0.3) is 0 Å². The molecule has 1 atom stereocenters. The molecule has 2 aliphatic rings. The van der Waals surface area contributed by atoms with Crippen LogP contribution in [0.3, 0.4) is 0 Å². The molecule has 0 spiro atoms. The monoisotopic (exact) mass is 329 g/mol. The summed E-state index contributed by atoms with van der Waals surface area (Å²) < 4.78 is 63.5. The summed E-state index contributed by atoms with van der Waals surface area (Å²) >= 11 is 0. The Morgan fingerprint density at radius 2 is 1.76 bits per heavy atom. The van der Waals surface area contributed by atoms with Gasteiger partial charge in [-0.3, -0.25) is 4.79 Å². The van der Waals surface area contributed by atoms with Crippen molar-refractivity contribution in [3.63, 3.8) is 0 Å². The third kappa shape index (κ3) is 3.86. The van der Waals surface area contributed by atoms with E-state index in [9.17, 15) is 26.4 Å². The molecule has 2 fully saturated rings. The highest BCUT2D eigenvalue weighted by Crippen LogP contribution is 2.26. The van der Waals surface area contributed by atoms with E-state index in [-0.39, 0.29) is 13.0 Å². The van der Waals surface area contributed by atoms with E-state index in [1.54, 1.807) is 5.32 Å². The van der Waals surface area contributed by atoms with Crippen molar-refractivity contribution in [2.24, 2.45) is 0 Å². The molecule has 1 unspecified atom stereocenters. The minimum Gasteiger partial charge on any atom is -0.346 e. The first-order chi connectivity index (χ1) is 9.72. The number of hydrogen-bond donors (Lipinski definition) is 1. The normalized spacial score (nSPS) is 25.4. The fourth-order valence-electron chi connectivity index (χ4n) is 2.65. The molecule has 2 rings (SSSR count). The molecule has 2 aliphatic heterocycles. The number of halogens is 3. The van der Waals surface area contributed by atoms with Crippen molar-refractivity contribution in [2.45, 2.75) is 37.9 Å². The van der Waals surface area contributed by atoms with Crippen LogP contribution in [-0.2, 0) is 15.0 Å². The van der Waals surface area contributed by atoms with Gasteiger partial charge in [0.05, 0.1) is 0 Å². The maximum Gasteiger partial charge on any atom is 0.405 e. The van der Waals surface area contributed by atoms with Crippen LogP contribution in [0.15, 0.2) is 0 Å². The standard InChI is InChI=1S/C11H18F3N3O3S/c12-11(13,14)8-15-10(18)9-4-3-7-17(9)21(19,20)16-5-1-2-6-16/h9H,1-8H2,(H,15,18). The van der Waals surface area contributed by atoms with Gasteiger partial charge in [0, 0.05) is 19.6 Å². The average molecular weight is 329 g/mol. The highest BCUT2D eigenvalue weighted by atomic mass is 32.2. The summed E-state index contributed by atoms with van der Waals surface area (Å²) in [6, 6.07) is -1.04. The summed E-state index contributed by atoms with van der Waals surface area (Å²) in [6.07, 6.45) is -2.27. The van der Waals surface area contributed by atoms with Gasteiger partial charge in [-0.25, -0.2) is 0 Å². The second kappa shape index (κ2) is 6.09. The lowest BCUT2D eigenvalue weighted by Crippen LogP contribution is -2.51. The van der Waals surface area contributed by atoms with Gasteiger partial charge in [-0.1, -0.05) is 0 Å². The second-order valence-electron chi connectivity index (χ2n) is 5.22. The van der Waals surface area contributed by atoms with Crippen molar-refractivity contribution in [1.29, 1.82) is 0 Å². The van der Waals surface area contributed by atoms with Gasteiger partial charge < -0.3 is 5.32 Å². The highest BCUT2D eigenvalue weighted by Gasteiger charge is 2.42. The van der Waals surface area contributed by atoms with Gasteiger partial charge in [0.15, 0.2) is 0 Å². The van der Waals surface area contributed by atoms with Crippen LogP contribution in [0.2, 0.25) is 0 Å². The van der Waals surface area contributed by atoms with Gasteiger partial charge in [0.2, 0.25) is 5.91 Å². The highest BCUT2D eigenvalue weighted by molar-refractivity contribution is 7.86. The number of hydrogen-bond acceptors (Lipinski definition) is 3. The Morgan fingerprint density at radius 1 is 1.14 bits per heavy atom. The summed E-state index contributed by atoms with van der Waals surface area (Å²) in [7, 11) is -3.76. The maximum atomic E-state index is 12.4. The lowest BCUT2D eigenvalue weighted by Gasteiger charge is -2.27. The molecule has 1 N–H and O–H groups in total. The van der Waals surface area contributed by atoms with E-state index in [0.717, 1.165) is 17.1 Å². The minimum absolute atomic E-state index is 0.170. The molecule has 0 aliphatic carbocycles. The van der Waals surface area contributed by atoms with Crippen molar-refractivity contribution in [1.82, 2.24) is 13.9 Å². The molecule has 0 radical (unpaired) electrons. The second-order valence-corrected chi connectivity index (χ2v) is 7.10. The topological polar surface area (TPSA) is 69.7 Å². The zero-order chi connectivity index (χ0) is 15.7. The molecule has 0 bridgehead atoms. The lowest BCUT2D eigenvalue weighted by molar-refractivity contribution is -0.140. The molecule has 0 saturated carbocycles. The Kier molecular flexibility index (Phi) is 4.79. The van der Waals surface area contributed by atoms with E-state index in [0.29, 0.717) is 19.5 Å². The maximum absolute atomic E-state index is 12.4. The molecule has 0 aromatic carbocycles. The molecular formula is C11H18F3N3O3S. The fraction of sp³-hybridized carbons (Fsp3) is 0.909. The molecule has 6 nitrogen and oxygen atoms in total. The Bertz CT molecular complexity index is 489. The summed E-state index contributed by atoms with van der Waals surface area (Å²) in [5.41, 5.74) is 0. The van der Waals surface area contributed by atoms with E-state index in [1.807, 2.05) is 0 Å². The number of alkyl halides is 3. The SMILES string of the molecule is O=C(NCC(F)(F)F)C1CCCN1S(=O)(=O)N1CCCC1. The van der Waals surface area contributed by atoms with Gasteiger partial charge in [-0.15, -0.1) is 0 Å². The first-order valence-corrected chi connectivity index (χ1v) is 8.23. The first kappa shape index (κ1) is 16.5. The van der Waals surface area contributed by atoms with Crippen LogP contribution in [0, 0.1) is 0 Å². The Balaban J connectivity index is 2.04. The molecule has 10 heteroatoms. The summed E-state index contributed by atoms with van der Waals surface area (Å²) in [5, 5.41) is 1.77. The van der Waals surface area contributed by atoms with Gasteiger partial charge in [-0.2, -0.15) is 30.2 Å². The van der Waals surface area contributed by atoms with Crippen LogP contribution in [0.1, 0.15) is 25.7 Å². The van der Waals surface area contributed by atoms with Crippen LogP contribution in [0.5, 0.6) is 0 Å². The van der Waals surface area contributed by atoms with Gasteiger partial charge in [0.25, 0.3) is 10.2 Å². The molecular weight excluding hydrogens is 311 g/mol. The number of carbonyl (C=O) groups excluding carboxylic acids is 1. The van der Waals surface area contributed by atoms with Crippen molar-refractivity contribution >= 4 is 16.1 Å². The van der Waals surface area contributed by atoms with Gasteiger partial charge >= 0.3 is 6.18 Å². The predicted octanol–water partition coefficient (Wildman–Crippen LogP) is 0.470. The molecule has 1 amide bonds. The first-order valence-electron chi connectivity index (χ1n) is 6.83. The predicted molar refractivity (Wildman–Crippen MR) is 68.5 cm³/mol. The molecule has 2 heterocycles. The molecule has 0 aromatic rings. The van der Waals surface area contributed by atoms with E-state index < -0.39 is 34.9 Å². The number of nitrogens with zero attached hydrogens (tertiary/aromatic N) is 2. The zero-order valence-electron chi connectivity index (χ0n) is 11.4. The third-order valence-electron chi connectivity index (χ3n) is 3.66. The summed E-state index contributed by atoms with van der Waals surface area (Å²) in [5.74, 6) is -0.882. The molecule has 0 aromatic heterocycles. The van der Waals surface area contributed by atoms with Crippen molar-refractivity contribution < 1.29 is 26.4 Å². The van der Waals surface area contributed by atoms with Crippen LogP contribution >= 0.6 is 0 Å². The minimum atomic E-state index is -4.51. The lowest BCUT2D eigenvalue weighted by atomic mass is 10.2. The van der Waals surface area contributed by atoms with E-state index in [1.165, 1.54) is 4.31 Å².